The molecule has 1 aliphatic rings. The number of carbonyl (C=O) groups is 2. The van der Waals surface area contributed by atoms with Crippen LogP contribution in [0.5, 0.6) is 0 Å². The van der Waals surface area contributed by atoms with Crippen LogP contribution in [-0.4, -0.2) is 49.6 Å². The zero-order valence-electron chi connectivity index (χ0n) is 14.9. The smallest absolute Gasteiger partial charge is 0.338 e. The number of hydrogen-bond acceptors (Lipinski definition) is 5. The highest BCUT2D eigenvalue weighted by molar-refractivity contribution is 5.94. The largest absolute Gasteiger partial charge is 0.462 e. The molecule has 1 fully saturated rings. The molecule has 136 valence electrons. The zero-order chi connectivity index (χ0) is 18.5. The van der Waals surface area contributed by atoms with Gasteiger partial charge in [0.15, 0.2) is 0 Å². The van der Waals surface area contributed by atoms with Crippen molar-refractivity contribution in [3.05, 3.63) is 59.7 Å². The van der Waals surface area contributed by atoms with Crippen molar-refractivity contribution in [3.8, 4) is 0 Å². The number of ether oxygens (including phenoxy) is 1. The van der Waals surface area contributed by atoms with Crippen LogP contribution >= 0.6 is 0 Å². The van der Waals surface area contributed by atoms with Crippen molar-refractivity contribution in [3.63, 3.8) is 0 Å². The molecule has 1 heterocycles. The first-order valence-electron chi connectivity index (χ1n) is 8.75. The Morgan fingerprint density at radius 1 is 1.00 bits per heavy atom. The molecule has 1 saturated heterocycles. The van der Waals surface area contributed by atoms with Crippen LogP contribution in [0.2, 0.25) is 0 Å². The van der Waals surface area contributed by atoms with Crippen molar-refractivity contribution in [2.45, 2.75) is 6.92 Å². The lowest BCUT2D eigenvalue weighted by Gasteiger charge is -2.36. The van der Waals surface area contributed by atoms with Gasteiger partial charge in [0, 0.05) is 43.1 Å². The molecule has 26 heavy (non-hydrogen) atoms. The number of nitrogens with two attached hydrogens (primary N) is 1. The monoisotopic (exact) mass is 353 g/mol. The summed E-state index contributed by atoms with van der Waals surface area (Å²) in [6, 6.07) is 14.4. The molecule has 0 aliphatic carbocycles. The summed E-state index contributed by atoms with van der Waals surface area (Å²) in [6.07, 6.45) is 0. The van der Waals surface area contributed by atoms with Crippen molar-refractivity contribution in [2.24, 2.45) is 0 Å². The van der Waals surface area contributed by atoms with Crippen LogP contribution in [0.3, 0.4) is 0 Å². The predicted molar refractivity (Wildman–Crippen MR) is 101 cm³/mol. The summed E-state index contributed by atoms with van der Waals surface area (Å²) in [5, 5.41) is 0. The van der Waals surface area contributed by atoms with Gasteiger partial charge in [-0.05, 0) is 49.4 Å². The van der Waals surface area contributed by atoms with Crippen LogP contribution in [0.1, 0.15) is 27.6 Å². The normalized spacial score (nSPS) is 14.2. The van der Waals surface area contributed by atoms with Crippen molar-refractivity contribution in [2.75, 3.05) is 43.4 Å². The summed E-state index contributed by atoms with van der Waals surface area (Å²) in [5.41, 5.74) is 8.49. The van der Waals surface area contributed by atoms with Gasteiger partial charge in [0.2, 0.25) is 0 Å². The Morgan fingerprint density at radius 2 is 1.69 bits per heavy atom. The van der Waals surface area contributed by atoms with Crippen molar-refractivity contribution in [1.82, 2.24) is 4.90 Å². The van der Waals surface area contributed by atoms with Gasteiger partial charge in [-0.15, -0.1) is 0 Å². The van der Waals surface area contributed by atoms with Crippen LogP contribution in [0.25, 0.3) is 0 Å². The molecular weight excluding hydrogens is 330 g/mol. The molecular formula is C20H23N3O3. The summed E-state index contributed by atoms with van der Waals surface area (Å²) in [4.78, 5) is 28.5. The first kappa shape index (κ1) is 17.8. The van der Waals surface area contributed by atoms with Crippen LogP contribution in [-0.2, 0) is 4.74 Å². The Balaban J connectivity index is 1.63. The summed E-state index contributed by atoms with van der Waals surface area (Å²) in [6.45, 7) is 4.84. The van der Waals surface area contributed by atoms with Crippen LogP contribution in [0.15, 0.2) is 48.5 Å². The lowest BCUT2D eigenvalue weighted by molar-refractivity contribution is 0.0526. The summed E-state index contributed by atoms with van der Waals surface area (Å²) >= 11 is 0. The Labute approximate surface area is 153 Å². The van der Waals surface area contributed by atoms with Gasteiger partial charge >= 0.3 is 5.97 Å². The Morgan fingerprint density at radius 3 is 2.35 bits per heavy atom. The van der Waals surface area contributed by atoms with E-state index in [9.17, 15) is 9.59 Å². The number of rotatable bonds is 4. The minimum Gasteiger partial charge on any atom is -0.462 e. The highest BCUT2D eigenvalue weighted by atomic mass is 16.5. The number of amides is 1. The van der Waals surface area contributed by atoms with Gasteiger partial charge in [0.25, 0.3) is 5.91 Å². The van der Waals surface area contributed by atoms with Gasteiger partial charge in [-0.3, -0.25) is 4.79 Å². The topological polar surface area (TPSA) is 75.9 Å². The number of nitrogen functional groups attached to an aromatic ring is 1. The van der Waals surface area contributed by atoms with E-state index in [0.717, 1.165) is 5.69 Å². The molecule has 2 aromatic carbocycles. The average molecular weight is 353 g/mol. The van der Waals surface area contributed by atoms with E-state index >= 15 is 0 Å². The molecule has 0 saturated carbocycles. The lowest BCUT2D eigenvalue weighted by Crippen LogP contribution is -2.48. The molecule has 2 N–H and O–H groups in total. The molecule has 1 amide bonds. The average Bonchev–Trinajstić information content (AvgIpc) is 2.68. The van der Waals surface area contributed by atoms with E-state index in [1.54, 1.807) is 37.3 Å². The van der Waals surface area contributed by atoms with E-state index in [0.29, 0.717) is 49.6 Å². The third-order valence-electron chi connectivity index (χ3n) is 4.45. The van der Waals surface area contributed by atoms with Crippen LogP contribution in [0, 0.1) is 0 Å². The molecule has 2 aromatic rings. The first-order chi connectivity index (χ1) is 12.6. The van der Waals surface area contributed by atoms with E-state index in [1.807, 2.05) is 23.1 Å². The van der Waals surface area contributed by atoms with Crippen molar-refractivity contribution in [1.29, 1.82) is 0 Å². The maximum Gasteiger partial charge on any atom is 0.338 e. The van der Waals surface area contributed by atoms with Crippen LogP contribution < -0.4 is 10.6 Å². The summed E-state index contributed by atoms with van der Waals surface area (Å²) in [5.74, 6) is -0.295. The quantitative estimate of drug-likeness (QED) is 0.675. The number of anilines is 2. The van der Waals surface area contributed by atoms with Gasteiger partial charge < -0.3 is 20.3 Å². The number of hydrogen-bond donors (Lipinski definition) is 1. The molecule has 0 spiro atoms. The highest BCUT2D eigenvalue weighted by Gasteiger charge is 2.22. The van der Waals surface area contributed by atoms with Crippen LogP contribution in [0.4, 0.5) is 11.4 Å². The Hall–Kier alpha value is -3.02. The fourth-order valence-electron chi connectivity index (χ4n) is 3.02. The van der Waals surface area contributed by atoms with E-state index in [2.05, 4.69) is 4.90 Å². The minimum atomic E-state index is -0.313. The molecule has 0 radical (unpaired) electrons. The number of nitrogens with zero attached hydrogens (tertiary/aromatic N) is 2. The Bertz CT molecular complexity index is 781. The molecule has 6 nitrogen and oxygen atoms in total. The van der Waals surface area contributed by atoms with E-state index in [4.69, 9.17) is 10.5 Å². The molecule has 0 bridgehead atoms. The van der Waals surface area contributed by atoms with E-state index < -0.39 is 0 Å². The molecule has 6 heteroatoms. The standard InChI is InChI=1S/C20H23N3O3/c1-2-26-20(25)16-4-3-5-18(14-16)22-10-12-23(13-11-22)19(24)15-6-8-17(21)9-7-15/h3-9,14H,2,10-13,21H2,1H3. The third-order valence-corrected chi connectivity index (χ3v) is 4.45. The van der Waals surface area contributed by atoms with Crippen molar-refractivity contribution < 1.29 is 14.3 Å². The number of piperazine rings is 1. The van der Waals surface area contributed by atoms with Gasteiger partial charge in [0.05, 0.1) is 12.2 Å². The molecule has 0 aromatic heterocycles. The maximum atomic E-state index is 12.6. The second-order valence-electron chi connectivity index (χ2n) is 6.17. The summed E-state index contributed by atoms with van der Waals surface area (Å²) < 4.78 is 5.06. The predicted octanol–water partition coefficient (Wildman–Crippen LogP) is 2.41. The second kappa shape index (κ2) is 7.91. The van der Waals surface area contributed by atoms with Gasteiger partial charge in [0.1, 0.15) is 0 Å². The minimum absolute atomic E-state index is 0.0184. The van der Waals surface area contributed by atoms with Gasteiger partial charge in [-0.1, -0.05) is 6.07 Å². The maximum absolute atomic E-state index is 12.6. The third kappa shape index (κ3) is 3.96. The molecule has 3 rings (SSSR count). The fourth-order valence-corrected chi connectivity index (χ4v) is 3.02. The second-order valence-corrected chi connectivity index (χ2v) is 6.17. The number of esters is 1. The molecule has 0 atom stereocenters. The zero-order valence-corrected chi connectivity index (χ0v) is 14.9. The van der Waals surface area contributed by atoms with Gasteiger partial charge in [-0.2, -0.15) is 0 Å². The van der Waals surface area contributed by atoms with Crippen molar-refractivity contribution >= 4 is 23.3 Å². The highest BCUT2D eigenvalue weighted by Crippen LogP contribution is 2.20. The summed E-state index contributed by atoms with van der Waals surface area (Å²) in [7, 11) is 0. The number of benzene rings is 2. The lowest BCUT2D eigenvalue weighted by atomic mass is 10.1. The van der Waals surface area contributed by atoms with E-state index in [1.165, 1.54) is 0 Å². The molecule has 1 aliphatic heterocycles. The van der Waals surface area contributed by atoms with Gasteiger partial charge in [-0.25, -0.2) is 4.79 Å². The molecule has 0 unspecified atom stereocenters. The first-order valence-corrected chi connectivity index (χ1v) is 8.75. The number of carbonyl (C=O) groups excluding carboxylic acids is 2. The Kier molecular flexibility index (Phi) is 5.41. The fraction of sp³-hybridized carbons (Fsp3) is 0.300. The van der Waals surface area contributed by atoms with E-state index in [-0.39, 0.29) is 11.9 Å². The SMILES string of the molecule is CCOC(=O)c1cccc(N2CCN(C(=O)c3ccc(N)cc3)CC2)c1.